The van der Waals surface area contributed by atoms with Crippen LogP contribution in [0, 0.1) is 6.92 Å². The molecule has 1 aromatic carbocycles. The zero-order valence-electron chi connectivity index (χ0n) is 12.7. The summed E-state index contributed by atoms with van der Waals surface area (Å²) in [5, 5.41) is 4.49. The maximum absolute atomic E-state index is 6.17. The van der Waals surface area contributed by atoms with Crippen LogP contribution >= 0.6 is 11.6 Å². The van der Waals surface area contributed by atoms with Crippen molar-refractivity contribution in [3.8, 4) is 0 Å². The maximum Gasteiger partial charge on any atom is 0.0455 e. The van der Waals surface area contributed by atoms with Gasteiger partial charge in [0.05, 0.1) is 0 Å². The summed E-state index contributed by atoms with van der Waals surface area (Å²) < 4.78 is 0. The summed E-state index contributed by atoms with van der Waals surface area (Å²) in [7, 11) is 0. The van der Waals surface area contributed by atoms with E-state index in [4.69, 9.17) is 11.6 Å². The molecule has 0 atom stereocenters. The minimum Gasteiger partial charge on any atom is -0.382 e. The van der Waals surface area contributed by atoms with Crippen LogP contribution in [0.25, 0.3) is 0 Å². The summed E-state index contributed by atoms with van der Waals surface area (Å²) in [6.45, 7) is 9.83. The highest BCUT2D eigenvalue weighted by Gasteiger charge is 2.18. The molecule has 1 fully saturated rings. The summed E-state index contributed by atoms with van der Waals surface area (Å²) in [4.78, 5) is 2.52. The predicted molar refractivity (Wildman–Crippen MR) is 88.7 cm³/mol. The number of hydrogen-bond donors (Lipinski definition) is 1. The molecule has 2 rings (SSSR count). The van der Waals surface area contributed by atoms with Gasteiger partial charge in [-0.2, -0.15) is 0 Å². The van der Waals surface area contributed by atoms with Crippen molar-refractivity contribution < 1.29 is 0 Å². The first kappa shape index (κ1) is 15.4. The molecule has 1 aliphatic rings. The Morgan fingerprint density at radius 3 is 2.70 bits per heavy atom. The van der Waals surface area contributed by atoms with E-state index >= 15 is 0 Å². The lowest BCUT2D eigenvalue weighted by Crippen LogP contribution is -2.39. The Hall–Kier alpha value is -0.990. The molecule has 1 saturated heterocycles. The van der Waals surface area contributed by atoms with Gasteiger partial charge < -0.3 is 5.32 Å². The van der Waals surface area contributed by atoms with E-state index < -0.39 is 0 Å². The number of nitrogens with one attached hydrogen (secondary N) is 1. The molecule has 1 N–H and O–H groups in total. The second-order valence-electron chi connectivity index (χ2n) is 5.91. The molecule has 3 heteroatoms. The number of hydrogen-bond acceptors (Lipinski definition) is 2. The van der Waals surface area contributed by atoms with Crippen LogP contribution in [0.5, 0.6) is 0 Å². The van der Waals surface area contributed by atoms with Crippen LogP contribution in [0.2, 0.25) is 5.02 Å². The Balaban J connectivity index is 1.85. The zero-order chi connectivity index (χ0) is 14.5. The fraction of sp³-hybridized carbons (Fsp3) is 0.529. The van der Waals surface area contributed by atoms with Crippen molar-refractivity contribution in [2.75, 3.05) is 25.0 Å². The lowest BCUT2D eigenvalue weighted by atomic mass is 10.0. The van der Waals surface area contributed by atoms with Gasteiger partial charge in [0, 0.05) is 36.4 Å². The summed E-state index contributed by atoms with van der Waals surface area (Å²) in [5.74, 6) is 0. The van der Waals surface area contributed by atoms with Gasteiger partial charge in [0.25, 0.3) is 0 Å². The average Bonchev–Trinajstić information content (AvgIpc) is 2.43. The van der Waals surface area contributed by atoms with E-state index in [0.29, 0.717) is 6.04 Å². The summed E-state index contributed by atoms with van der Waals surface area (Å²) in [6, 6.07) is 6.65. The molecule has 110 valence electrons. The third kappa shape index (κ3) is 4.26. The fourth-order valence-corrected chi connectivity index (χ4v) is 2.73. The summed E-state index contributed by atoms with van der Waals surface area (Å²) >= 11 is 6.17. The number of piperidine rings is 1. The van der Waals surface area contributed by atoms with Crippen molar-refractivity contribution in [3.05, 3.63) is 40.4 Å². The van der Waals surface area contributed by atoms with Gasteiger partial charge in [-0.25, -0.2) is 0 Å². The van der Waals surface area contributed by atoms with Crippen LogP contribution in [0.4, 0.5) is 5.69 Å². The maximum atomic E-state index is 6.17. The zero-order valence-corrected chi connectivity index (χ0v) is 13.5. The molecule has 1 aliphatic heterocycles. The van der Waals surface area contributed by atoms with E-state index in [2.05, 4.69) is 43.1 Å². The van der Waals surface area contributed by atoms with E-state index in [1.165, 1.54) is 37.2 Å². The van der Waals surface area contributed by atoms with Crippen LogP contribution in [-0.2, 0) is 0 Å². The number of likely N-dealkylation sites (tertiary alicyclic amines) is 1. The number of anilines is 1. The molecule has 0 aromatic heterocycles. The Morgan fingerprint density at radius 2 is 2.05 bits per heavy atom. The van der Waals surface area contributed by atoms with Crippen molar-refractivity contribution in [1.82, 2.24) is 4.90 Å². The van der Waals surface area contributed by atoms with Gasteiger partial charge in [-0.05, 0) is 51.3 Å². The molecule has 1 heterocycles. The molecule has 0 aliphatic carbocycles. The lowest BCUT2D eigenvalue weighted by molar-refractivity contribution is 0.240. The van der Waals surface area contributed by atoms with Gasteiger partial charge in [-0.1, -0.05) is 29.3 Å². The van der Waals surface area contributed by atoms with Crippen molar-refractivity contribution in [2.24, 2.45) is 0 Å². The third-order valence-electron chi connectivity index (χ3n) is 3.97. The standard InChI is InChI=1S/C17H25ClN2/c1-13(2)7-10-20-11-8-15(9-12-20)19-17-6-4-5-16(18)14(17)3/h4-7,15,19H,8-12H2,1-3H3. The summed E-state index contributed by atoms with van der Waals surface area (Å²) in [5.41, 5.74) is 3.74. The van der Waals surface area contributed by atoms with Gasteiger partial charge in [0.2, 0.25) is 0 Å². The number of nitrogens with zero attached hydrogens (tertiary/aromatic N) is 1. The molecule has 2 nitrogen and oxygen atoms in total. The van der Waals surface area contributed by atoms with Crippen molar-refractivity contribution in [1.29, 1.82) is 0 Å². The van der Waals surface area contributed by atoms with Crippen LogP contribution in [0.1, 0.15) is 32.3 Å². The Labute approximate surface area is 127 Å². The van der Waals surface area contributed by atoms with E-state index in [0.717, 1.165) is 17.1 Å². The Morgan fingerprint density at radius 1 is 1.35 bits per heavy atom. The first-order valence-corrected chi connectivity index (χ1v) is 7.81. The second-order valence-corrected chi connectivity index (χ2v) is 6.32. The van der Waals surface area contributed by atoms with E-state index in [9.17, 15) is 0 Å². The molecular formula is C17H25ClN2. The molecule has 0 saturated carbocycles. The molecule has 0 spiro atoms. The first-order chi connectivity index (χ1) is 9.56. The van der Waals surface area contributed by atoms with Crippen molar-refractivity contribution in [2.45, 2.75) is 39.7 Å². The minimum atomic E-state index is 0.565. The first-order valence-electron chi connectivity index (χ1n) is 7.43. The molecule has 1 aromatic rings. The van der Waals surface area contributed by atoms with Crippen LogP contribution in [0.15, 0.2) is 29.8 Å². The predicted octanol–water partition coefficient (Wildman–Crippen LogP) is 4.49. The fourth-order valence-electron chi connectivity index (χ4n) is 2.56. The minimum absolute atomic E-state index is 0.565. The molecule has 0 unspecified atom stereocenters. The highest BCUT2D eigenvalue weighted by Crippen LogP contribution is 2.25. The van der Waals surface area contributed by atoms with E-state index in [-0.39, 0.29) is 0 Å². The number of rotatable bonds is 4. The normalized spacial score (nSPS) is 17.0. The van der Waals surface area contributed by atoms with Crippen LogP contribution in [0.3, 0.4) is 0 Å². The van der Waals surface area contributed by atoms with Gasteiger partial charge in [0.1, 0.15) is 0 Å². The smallest absolute Gasteiger partial charge is 0.0455 e. The quantitative estimate of drug-likeness (QED) is 0.823. The molecule has 0 bridgehead atoms. The monoisotopic (exact) mass is 292 g/mol. The van der Waals surface area contributed by atoms with Gasteiger partial charge in [-0.3, -0.25) is 4.90 Å². The third-order valence-corrected chi connectivity index (χ3v) is 4.38. The topological polar surface area (TPSA) is 15.3 Å². The molecule has 20 heavy (non-hydrogen) atoms. The van der Waals surface area contributed by atoms with Crippen molar-refractivity contribution >= 4 is 17.3 Å². The Bertz CT molecular complexity index is 470. The molecular weight excluding hydrogens is 268 g/mol. The van der Waals surface area contributed by atoms with Gasteiger partial charge in [-0.15, -0.1) is 0 Å². The molecule has 0 radical (unpaired) electrons. The SMILES string of the molecule is CC(C)=CCN1CCC(Nc2cccc(Cl)c2C)CC1. The highest BCUT2D eigenvalue weighted by atomic mass is 35.5. The van der Waals surface area contributed by atoms with Crippen LogP contribution < -0.4 is 5.32 Å². The number of benzene rings is 1. The summed E-state index contributed by atoms with van der Waals surface area (Å²) in [6.07, 6.45) is 4.71. The largest absolute Gasteiger partial charge is 0.382 e. The Kier molecular flexibility index (Phi) is 5.50. The van der Waals surface area contributed by atoms with Gasteiger partial charge in [0.15, 0.2) is 0 Å². The molecule has 0 amide bonds. The highest BCUT2D eigenvalue weighted by molar-refractivity contribution is 6.31. The van der Waals surface area contributed by atoms with Gasteiger partial charge >= 0.3 is 0 Å². The van der Waals surface area contributed by atoms with E-state index in [1.807, 2.05) is 12.1 Å². The lowest BCUT2D eigenvalue weighted by Gasteiger charge is -2.32. The number of halogens is 1. The number of allylic oxidation sites excluding steroid dienone is 1. The second kappa shape index (κ2) is 7.14. The van der Waals surface area contributed by atoms with Crippen molar-refractivity contribution in [3.63, 3.8) is 0 Å². The average molecular weight is 293 g/mol. The van der Waals surface area contributed by atoms with Crippen LogP contribution in [-0.4, -0.2) is 30.6 Å². The van der Waals surface area contributed by atoms with E-state index in [1.54, 1.807) is 0 Å².